The van der Waals surface area contributed by atoms with Crippen LogP contribution in [0.1, 0.15) is 22.5 Å². The molecule has 0 radical (unpaired) electrons. The number of imidazole rings is 1. The molecule has 2 aliphatic heterocycles. The average Bonchev–Trinajstić information content (AvgIpc) is 3.24. The van der Waals surface area contributed by atoms with Crippen LogP contribution in [0.5, 0.6) is 0 Å². The van der Waals surface area contributed by atoms with E-state index >= 15 is 0 Å². The van der Waals surface area contributed by atoms with Crippen LogP contribution < -0.4 is 5.06 Å². The van der Waals surface area contributed by atoms with Crippen molar-refractivity contribution in [1.82, 2.24) is 19.3 Å². The summed E-state index contributed by atoms with van der Waals surface area (Å²) in [6, 6.07) is 7.43. The van der Waals surface area contributed by atoms with Gasteiger partial charge in [0, 0.05) is 37.8 Å². The highest BCUT2D eigenvalue weighted by molar-refractivity contribution is 5.97. The molecule has 0 saturated carbocycles. The lowest BCUT2D eigenvalue weighted by molar-refractivity contribution is -0.170. The summed E-state index contributed by atoms with van der Waals surface area (Å²) in [6.45, 7) is 0.0375. The van der Waals surface area contributed by atoms with Crippen molar-refractivity contribution < 1.29 is 18.4 Å². The number of halogens is 3. The van der Waals surface area contributed by atoms with Crippen molar-refractivity contribution in [3.05, 3.63) is 66.4 Å². The first-order chi connectivity index (χ1) is 14.5. The molecule has 0 spiro atoms. The molecule has 5 rings (SSSR count). The quantitative estimate of drug-likeness (QED) is 0.615. The van der Waals surface area contributed by atoms with Crippen LogP contribution in [0, 0.1) is 0 Å². The molecule has 4 heterocycles. The van der Waals surface area contributed by atoms with Gasteiger partial charge in [-0.25, -0.2) is 23.8 Å². The Labute approximate surface area is 183 Å². The van der Waals surface area contributed by atoms with Gasteiger partial charge in [0.05, 0.1) is 18.8 Å². The van der Waals surface area contributed by atoms with Crippen molar-refractivity contribution in [2.24, 2.45) is 0 Å². The van der Waals surface area contributed by atoms with E-state index in [0.717, 1.165) is 11.3 Å². The molecule has 1 saturated heterocycles. The highest BCUT2D eigenvalue weighted by Crippen LogP contribution is 2.34. The average molecular weight is 448 g/mol. The second-order valence-corrected chi connectivity index (χ2v) is 7.31. The maximum Gasteiger partial charge on any atom is 0.279 e. The third-order valence-electron chi connectivity index (χ3n) is 5.40. The first kappa shape index (κ1) is 21.2. The van der Waals surface area contributed by atoms with E-state index in [1.807, 2.05) is 36.4 Å². The molecule has 0 aliphatic carbocycles. The Morgan fingerprint density at radius 2 is 1.94 bits per heavy atom. The molecule has 1 aromatic carbocycles. The van der Waals surface area contributed by atoms with Crippen molar-refractivity contribution >= 4 is 35.7 Å². The lowest BCUT2D eigenvalue weighted by Gasteiger charge is -2.40. The Bertz CT molecular complexity index is 1140. The van der Waals surface area contributed by atoms with E-state index in [9.17, 15) is 13.6 Å². The molecule has 0 unspecified atom stereocenters. The number of rotatable bonds is 3. The van der Waals surface area contributed by atoms with Gasteiger partial charge in [-0.15, -0.1) is 12.4 Å². The minimum Gasteiger partial charge on any atom is -0.334 e. The van der Waals surface area contributed by atoms with Crippen LogP contribution in [0.25, 0.3) is 11.7 Å². The molecule has 162 valence electrons. The number of fused-ring (bicyclic) bond motifs is 2. The SMILES string of the molecule is Cl.O=C(c1nccn2ccnc12)N1CCC(F)(F)[C@@H](ON2CC=Cc3ccccc32)C1. The van der Waals surface area contributed by atoms with Crippen LogP contribution in [-0.2, 0) is 4.84 Å². The summed E-state index contributed by atoms with van der Waals surface area (Å²) in [5.41, 5.74) is 2.15. The summed E-state index contributed by atoms with van der Waals surface area (Å²) in [4.78, 5) is 28.5. The normalized spacial score (nSPS) is 19.7. The number of hydrogen-bond acceptors (Lipinski definition) is 5. The lowest BCUT2D eigenvalue weighted by Crippen LogP contribution is -2.55. The van der Waals surface area contributed by atoms with Crippen molar-refractivity contribution in [3.63, 3.8) is 0 Å². The molecule has 1 amide bonds. The summed E-state index contributed by atoms with van der Waals surface area (Å²) in [5.74, 6) is -3.49. The molecule has 7 nitrogen and oxygen atoms in total. The number of piperidine rings is 1. The fraction of sp³-hybridized carbons (Fsp3) is 0.286. The number of nitrogens with zero attached hydrogens (tertiary/aromatic N) is 5. The number of alkyl halides is 2. The second kappa shape index (κ2) is 8.24. The van der Waals surface area contributed by atoms with Gasteiger partial charge in [0.2, 0.25) is 0 Å². The molecule has 0 N–H and O–H groups in total. The number of amides is 1. The van der Waals surface area contributed by atoms with Gasteiger partial charge in [0.1, 0.15) is 0 Å². The van der Waals surface area contributed by atoms with E-state index in [4.69, 9.17) is 4.84 Å². The zero-order valence-corrected chi connectivity index (χ0v) is 17.2. The molecular weight excluding hydrogens is 428 g/mol. The number of carbonyl (C=O) groups is 1. The summed E-state index contributed by atoms with van der Waals surface area (Å²) < 4.78 is 31.1. The van der Waals surface area contributed by atoms with E-state index in [2.05, 4.69) is 9.97 Å². The number of likely N-dealkylation sites (tertiary alicyclic amines) is 1. The zero-order chi connectivity index (χ0) is 20.7. The fourth-order valence-electron chi connectivity index (χ4n) is 3.80. The maximum absolute atomic E-state index is 14.7. The minimum absolute atomic E-state index is 0. The molecule has 3 aromatic rings. The van der Waals surface area contributed by atoms with Gasteiger partial charge in [-0.2, -0.15) is 0 Å². The molecule has 1 fully saturated rings. The largest absolute Gasteiger partial charge is 0.334 e. The van der Waals surface area contributed by atoms with Gasteiger partial charge in [-0.3, -0.25) is 9.63 Å². The van der Waals surface area contributed by atoms with E-state index in [1.54, 1.807) is 23.0 Å². The van der Waals surface area contributed by atoms with Gasteiger partial charge in [-0.1, -0.05) is 30.4 Å². The Morgan fingerprint density at radius 1 is 1.16 bits per heavy atom. The van der Waals surface area contributed by atoms with Crippen LogP contribution in [0.2, 0.25) is 0 Å². The summed E-state index contributed by atoms with van der Waals surface area (Å²) in [6.07, 6.45) is 8.27. The fourth-order valence-corrected chi connectivity index (χ4v) is 3.80. The first-order valence-corrected chi connectivity index (χ1v) is 9.67. The Hall–Kier alpha value is -3.04. The Kier molecular flexibility index (Phi) is 5.63. The standard InChI is InChI=1S/C21H19F2N5O2.ClH/c22-21(23)7-11-27(20(29)18-19-25-9-13-26(19)12-8-24-18)14-17(21)30-28-10-3-5-15-4-1-2-6-16(15)28;/h1-6,8-9,12-13,17H,7,10-11,14H2;1H/t17-;/m0./s1. The van der Waals surface area contributed by atoms with Crippen molar-refractivity contribution in [2.75, 3.05) is 24.7 Å². The van der Waals surface area contributed by atoms with E-state index in [1.165, 1.54) is 16.2 Å². The number of carbonyl (C=O) groups excluding carboxylic acids is 1. The van der Waals surface area contributed by atoms with E-state index < -0.39 is 24.4 Å². The summed E-state index contributed by atoms with van der Waals surface area (Å²) in [5, 5.41) is 1.47. The highest BCUT2D eigenvalue weighted by Gasteiger charge is 2.48. The number of aromatic nitrogens is 3. The van der Waals surface area contributed by atoms with Crippen molar-refractivity contribution in [2.45, 2.75) is 18.4 Å². The summed E-state index contributed by atoms with van der Waals surface area (Å²) in [7, 11) is 0. The predicted octanol–water partition coefficient (Wildman–Crippen LogP) is 3.47. The predicted molar refractivity (Wildman–Crippen MR) is 113 cm³/mol. The van der Waals surface area contributed by atoms with Crippen LogP contribution in [0.3, 0.4) is 0 Å². The van der Waals surface area contributed by atoms with E-state index in [0.29, 0.717) is 12.2 Å². The Balaban J connectivity index is 0.00000231. The number of anilines is 1. The second-order valence-electron chi connectivity index (χ2n) is 7.31. The minimum atomic E-state index is -3.06. The lowest BCUT2D eigenvalue weighted by atomic mass is 10.0. The van der Waals surface area contributed by atoms with Gasteiger partial charge in [-0.05, 0) is 11.6 Å². The third-order valence-corrected chi connectivity index (χ3v) is 5.40. The number of para-hydroxylation sites is 1. The van der Waals surface area contributed by atoms with Gasteiger partial charge in [0.15, 0.2) is 17.4 Å². The van der Waals surface area contributed by atoms with Crippen LogP contribution in [0.15, 0.2) is 55.1 Å². The molecule has 0 bridgehead atoms. The monoisotopic (exact) mass is 447 g/mol. The zero-order valence-electron chi connectivity index (χ0n) is 16.4. The highest BCUT2D eigenvalue weighted by atomic mass is 35.5. The van der Waals surface area contributed by atoms with Crippen LogP contribution in [0.4, 0.5) is 14.5 Å². The number of hydroxylamine groups is 1. The smallest absolute Gasteiger partial charge is 0.279 e. The molecule has 2 aromatic heterocycles. The van der Waals surface area contributed by atoms with Gasteiger partial charge >= 0.3 is 0 Å². The van der Waals surface area contributed by atoms with Crippen LogP contribution >= 0.6 is 12.4 Å². The topological polar surface area (TPSA) is 63.0 Å². The molecule has 1 atom stereocenters. The number of benzene rings is 1. The molecule has 10 heteroatoms. The third kappa shape index (κ3) is 3.86. The summed E-state index contributed by atoms with van der Waals surface area (Å²) >= 11 is 0. The Morgan fingerprint density at radius 3 is 2.77 bits per heavy atom. The van der Waals surface area contributed by atoms with Gasteiger partial charge in [0.25, 0.3) is 11.8 Å². The van der Waals surface area contributed by atoms with E-state index in [-0.39, 0.29) is 31.2 Å². The maximum atomic E-state index is 14.7. The van der Waals surface area contributed by atoms with Crippen molar-refractivity contribution in [1.29, 1.82) is 0 Å². The van der Waals surface area contributed by atoms with Crippen molar-refractivity contribution in [3.8, 4) is 0 Å². The molecule has 2 aliphatic rings. The number of hydrogen-bond donors (Lipinski definition) is 0. The van der Waals surface area contributed by atoms with Crippen LogP contribution in [-0.4, -0.2) is 56.8 Å². The first-order valence-electron chi connectivity index (χ1n) is 9.67. The van der Waals surface area contributed by atoms with Gasteiger partial charge < -0.3 is 9.30 Å². The molecule has 31 heavy (non-hydrogen) atoms. The molecular formula is C21H20ClF2N5O2.